The Bertz CT molecular complexity index is 1290. The molecule has 0 aliphatic heterocycles. The van der Waals surface area contributed by atoms with Crippen LogP contribution in [-0.2, 0) is 11.3 Å². The molecule has 4 aliphatic rings. The summed E-state index contributed by atoms with van der Waals surface area (Å²) >= 11 is 13.0. The van der Waals surface area contributed by atoms with Crippen LogP contribution in [0, 0.1) is 5.41 Å². The van der Waals surface area contributed by atoms with Gasteiger partial charge in [0.25, 0.3) is 0 Å². The lowest BCUT2D eigenvalue weighted by atomic mass is 9.59. The van der Waals surface area contributed by atoms with Crippen molar-refractivity contribution < 1.29 is 23.9 Å². The Kier molecular flexibility index (Phi) is 6.37. The average molecular weight is 544 g/mol. The number of fused-ring (bicyclic) bond motifs is 3. The van der Waals surface area contributed by atoms with E-state index in [0.717, 1.165) is 62.7 Å². The van der Waals surface area contributed by atoms with E-state index in [2.05, 4.69) is 15.1 Å². The van der Waals surface area contributed by atoms with Crippen LogP contribution in [0.5, 0.6) is 6.01 Å². The van der Waals surface area contributed by atoms with E-state index in [1.54, 1.807) is 0 Å². The largest absolute Gasteiger partial charge is 0.477 e. The third kappa shape index (κ3) is 4.82. The van der Waals surface area contributed by atoms with E-state index in [1.807, 2.05) is 18.2 Å². The molecule has 7 rings (SSSR count). The fourth-order valence-corrected chi connectivity index (χ4v) is 6.26. The van der Waals surface area contributed by atoms with Crippen molar-refractivity contribution >= 4 is 29.2 Å². The predicted molar refractivity (Wildman–Crippen MR) is 136 cm³/mol. The number of hydrogen-bond acceptors (Lipinski definition) is 7. The van der Waals surface area contributed by atoms with Gasteiger partial charge in [0.05, 0.1) is 28.9 Å². The van der Waals surface area contributed by atoms with Crippen LogP contribution in [0.4, 0.5) is 0 Å². The van der Waals surface area contributed by atoms with E-state index < -0.39 is 5.97 Å². The van der Waals surface area contributed by atoms with Gasteiger partial charge in [-0.1, -0.05) is 34.4 Å². The second-order valence-electron chi connectivity index (χ2n) is 10.5. The van der Waals surface area contributed by atoms with Gasteiger partial charge in [-0.2, -0.15) is 4.98 Å². The number of halogens is 2. The lowest BCUT2D eigenvalue weighted by Crippen LogP contribution is -2.49. The summed E-state index contributed by atoms with van der Waals surface area (Å²) in [6.45, 7) is 0.879. The summed E-state index contributed by atoms with van der Waals surface area (Å²) in [6.07, 6.45) is 9.27. The highest BCUT2D eigenvalue weighted by atomic mass is 35.5. The maximum absolute atomic E-state index is 11.2. The SMILES string of the molecule is O=C(O)c1ccnc(OCC23CCC(OCc4c(-c5c(Cl)cccc5Cl)noc4C4CC4)(CC2)CC3)n1. The molecule has 4 fully saturated rings. The van der Waals surface area contributed by atoms with Crippen molar-refractivity contribution in [2.45, 2.75) is 69.5 Å². The van der Waals surface area contributed by atoms with Crippen molar-refractivity contribution in [3.63, 3.8) is 0 Å². The minimum absolute atomic E-state index is 0.0281. The molecule has 8 nitrogen and oxygen atoms in total. The maximum Gasteiger partial charge on any atom is 0.354 e. The summed E-state index contributed by atoms with van der Waals surface area (Å²) in [4.78, 5) is 19.2. The van der Waals surface area contributed by atoms with Gasteiger partial charge in [0.1, 0.15) is 11.5 Å². The highest BCUT2D eigenvalue weighted by Gasteiger charge is 2.50. The molecule has 1 N–H and O–H groups in total. The van der Waals surface area contributed by atoms with Crippen LogP contribution in [0.15, 0.2) is 35.0 Å². The number of aromatic nitrogens is 3. The fraction of sp³-hybridized carbons (Fsp3) is 0.481. The number of benzene rings is 1. The molecule has 37 heavy (non-hydrogen) atoms. The van der Waals surface area contributed by atoms with Crippen molar-refractivity contribution in [2.75, 3.05) is 6.61 Å². The topological polar surface area (TPSA) is 108 Å². The van der Waals surface area contributed by atoms with Gasteiger partial charge in [0.15, 0.2) is 5.69 Å². The second kappa shape index (κ2) is 9.57. The van der Waals surface area contributed by atoms with E-state index in [0.29, 0.717) is 40.4 Å². The van der Waals surface area contributed by atoms with Gasteiger partial charge >= 0.3 is 12.0 Å². The molecule has 0 atom stereocenters. The monoisotopic (exact) mass is 543 g/mol. The first-order valence-electron chi connectivity index (χ1n) is 12.6. The number of carbonyl (C=O) groups is 1. The molecule has 194 valence electrons. The average Bonchev–Trinajstić information content (AvgIpc) is 3.68. The molecule has 10 heteroatoms. The second-order valence-corrected chi connectivity index (χ2v) is 11.3. The standard InChI is InChI=1S/C27H27Cl2N3O5/c28-18-2-1-3-19(29)21(18)22-17(23(37-32-22)16-4-5-16)14-36-27-10-7-26(8-11-27,9-12-27)15-35-25-30-13-6-20(31-25)24(33)34/h1-3,6,13,16H,4-5,7-12,14-15H2,(H,33,34). The Labute approximate surface area is 224 Å². The van der Waals surface area contributed by atoms with Crippen LogP contribution in [0.2, 0.25) is 10.0 Å². The van der Waals surface area contributed by atoms with Crippen LogP contribution < -0.4 is 4.74 Å². The zero-order valence-corrected chi connectivity index (χ0v) is 21.7. The zero-order chi connectivity index (χ0) is 25.6. The molecule has 2 heterocycles. The molecule has 2 bridgehead atoms. The van der Waals surface area contributed by atoms with Crippen molar-refractivity contribution in [3.05, 3.63) is 57.5 Å². The number of ether oxygens (including phenoxy) is 2. The summed E-state index contributed by atoms with van der Waals surface area (Å²) in [5.74, 6) is 0.170. The van der Waals surface area contributed by atoms with E-state index in [4.69, 9.17) is 42.3 Å². The van der Waals surface area contributed by atoms with Gasteiger partial charge in [-0.3, -0.25) is 0 Å². The van der Waals surface area contributed by atoms with Crippen molar-refractivity contribution in [2.24, 2.45) is 5.41 Å². The van der Waals surface area contributed by atoms with E-state index in [9.17, 15) is 4.79 Å². The Morgan fingerprint density at radius 2 is 1.78 bits per heavy atom. The Hall–Kier alpha value is -2.68. The molecule has 0 saturated heterocycles. The van der Waals surface area contributed by atoms with E-state index in [1.165, 1.54) is 12.3 Å². The minimum Gasteiger partial charge on any atom is -0.477 e. The third-order valence-corrected chi connectivity index (χ3v) is 8.81. The first kappa shape index (κ1) is 24.6. The number of aromatic carboxylic acids is 1. The van der Waals surface area contributed by atoms with Gasteiger partial charge in [-0.05, 0) is 69.6 Å². The van der Waals surface area contributed by atoms with Crippen molar-refractivity contribution in [1.29, 1.82) is 0 Å². The molecular weight excluding hydrogens is 517 g/mol. The molecule has 0 spiro atoms. The molecule has 0 amide bonds. The highest BCUT2D eigenvalue weighted by Crippen LogP contribution is 2.55. The first-order valence-corrected chi connectivity index (χ1v) is 13.4. The van der Waals surface area contributed by atoms with Crippen LogP contribution in [0.25, 0.3) is 11.3 Å². The van der Waals surface area contributed by atoms with Crippen molar-refractivity contribution in [1.82, 2.24) is 15.1 Å². The predicted octanol–water partition coefficient (Wildman–Crippen LogP) is 6.70. The minimum atomic E-state index is -1.10. The lowest BCUT2D eigenvalue weighted by Gasteiger charge is -2.52. The lowest BCUT2D eigenvalue weighted by molar-refractivity contribution is -0.150. The summed E-state index contributed by atoms with van der Waals surface area (Å²) in [5.41, 5.74) is 2.08. The van der Waals surface area contributed by atoms with E-state index >= 15 is 0 Å². The summed E-state index contributed by atoms with van der Waals surface area (Å²) < 4.78 is 18.4. The van der Waals surface area contributed by atoms with Gasteiger partial charge in [-0.15, -0.1) is 0 Å². The Morgan fingerprint density at radius 1 is 1.08 bits per heavy atom. The molecule has 1 aromatic carbocycles. The molecule has 0 radical (unpaired) electrons. The highest BCUT2D eigenvalue weighted by molar-refractivity contribution is 6.39. The summed E-state index contributed by atoms with van der Waals surface area (Å²) in [7, 11) is 0. The Morgan fingerprint density at radius 3 is 2.43 bits per heavy atom. The molecule has 4 saturated carbocycles. The number of carboxylic acid groups (broad SMARTS) is 1. The normalized spacial score (nSPS) is 24.8. The molecule has 4 aliphatic carbocycles. The third-order valence-electron chi connectivity index (χ3n) is 8.18. The van der Waals surface area contributed by atoms with Gasteiger partial charge in [-0.25, -0.2) is 9.78 Å². The number of hydrogen-bond donors (Lipinski definition) is 1. The molecule has 2 aromatic heterocycles. The van der Waals surface area contributed by atoms with Gasteiger partial charge in [0.2, 0.25) is 0 Å². The summed E-state index contributed by atoms with van der Waals surface area (Å²) in [6, 6.07) is 6.91. The number of rotatable bonds is 9. The van der Waals surface area contributed by atoms with Gasteiger partial charge in [0, 0.05) is 28.7 Å². The van der Waals surface area contributed by atoms with Crippen LogP contribution in [0.3, 0.4) is 0 Å². The number of nitrogens with zero attached hydrogens (tertiary/aromatic N) is 3. The quantitative estimate of drug-likeness (QED) is 0.317. The fourth-order valence-electron chi connectivity index (χ4n) is 5.68. The molecular formula is C27H27Cl2N3O5. The molecule has 0 unspecified atom stereocenters. The molecule has 3 aromatic rings. The zero-order valence-electron chi connectivity index (χ0n) is 20.2. The van der Waals surface area contributed by atoms with Crippen molar-refractivity contribution in [3.8, 4) is 17.3 Å². The van der Waals surface area contributed by atoms with Crippen LogP contribution >= 0.6 is 23.2 Å². The van der Waals surface area contributed by atoms with Gasteiger partial charge < -0.3 is 19.1 Å². The first-order chi connectivity index (χ1) is 17.9. The van der Waals surface area contributed by atoms with Crippen LogP contribution in [-0.4, -0.2) is 38.4 Å². The van der Waals surface area contributed by atoms with Crippen LogP contribution in [0.1, 0.15) is 79.1 Å². The van der Waals surface area contributed by atoms with E-state index in [-0.39, 0.29) is 22.7 Å². The number of carboxylic acids is 1. The summed E-state index contributed by atoms with van der Waals surface area (Å²) in [5, 5.41) is 14.6. The maximum atomic E-state index is 11.2. The smallest absolute Gasteiger partial charge is 0.354 e. The Balaban J connectivity index is 1.14.